The van der Waals surface area contributed by atoms with Crippen molar-refractivity contribution in [3.8, 4) is 17.2 Å². The molecule has 0 fully saturated rings. The third kappa shape index (κ3) is 4.59. The summed E-state index contributed by atoms with van der Waals surface area (Å²) in [5.74, 6) is 0.0358. The summed E-state index contributed by atoms with van der Waals surface area (Å²) in [6, 6.07) is 12.2. The van der Waals surface area contributed by atoms with Crippen LogP contribution >= 0.6 is 0 Å². The largest absolute Gasteiger partial charge is 0.478 e. The first kappa shape index (κ1) is 20.5. The maximum atomic E-state index is 12.8. The third-order valence-electron chi connectivity index (χ3n) is 4.58. The molecule has 0 aliphatic carbocycles. The van der Waals surface area contributed by atoms with Gasteiger partial charge in [-0.1, -0.05) is 39.8 Å². The Labute approximate surface area is 168 Å². The van der Waals surface area contributed by atoms with E-state index in [0.29, 0.717) is 28.4 Å². The average molecular weight is 396 g/mol. The molecule has 0 bridgehead atoms. The van der Waals surface area contributed by atoms with Gasteiger partial charge >= 0.3 is 5.97 Å². The van der Waals surface area contributed by atoms with Gasteiger partial charge in [0.25, 0.3) is 0 Å². The van der Waals surface area contributed by atoms with Crippen LogP contribution in [0.3, 0.4) is 0 Å². The minimum Gasteiger partial charge on any atom is -0.478 e. The number of hydrogen-bond donors (Lipinski definition) is 1. The number of hydrogen-bond acceptors (Lipinski definition) is 5. The first-order chi connectivity index (χ1) is 13.8. The van der Waals surface area contributed by atoms with Gasteiger partial charge in [0.2, 0.25) is 11.2 Å². The van der Waals surface area contributed by atoms with E-state index >= 15 is 0 Å². The Morgan fingerprint density at radius 2 is 1.79 bits per heavy atom. The number of fused-ring (bicyclic) bond motifs is 1. The number of ether oxygens (including phenoxy) is 2. The Hall–Kier alpha value is -3.28. The molecular weight excluding hydrogens is 372 g/mol. The van der Waals surface area contributed by atoms with Gasteiger partial charge in [-0.15, -0.1) is 0 Å². The van der Waals surface area contributed by atoms with Crippen molar-refractivity contribution in [1.29, 1.82) is 0 Å². The molecule has 0 amide bonds. The molecule has 3 rings (SSSR count). The van der Waals surface area contributed by atoms with E-state index in [1.807, 2.05) is 18.2 Å². The van der Waals surface area contributed by atoms with Gasteiger partial charge in [0.05, 0.1) is 5.39 Å². The predicted molar refractivity (Wildman–Crippen MR) is 110 cm³/mol. The van der Waals surface area contributed by atoms with E-state index < -0.39 is 12.1 Å². The average Bonchev–Trinajstić information content (AvgIpc) is 2.68. The van der Waals surface area contributed by atoms with Gasteiger partial charge in [0, 0.05) is 12.0 Å². The van der Waals surface area contributed by atoms with Crippen LogP contribution in [0.5, 0.6) is 17.2 Å². The molecule has 3 aromatic rings. The smallest absolute Gasteiger partial charge is 0.345 e. The molecule has 0 spiro atoms. The van der Waals surface area contributed by atoms with Crippen molar-refractivity contribution in [2.45, 2.75) is 39.7 Å². The molecule has 1 atom stereocenters. The summed E-state index contributed by atoms with van der Waals surface area (Å²) in [4.78, 5) is 24.1. The van der Waals surface area contributed by atoms with E-state index in [4.69, 9.17) is 13.9 Å². The van der Waals surface area contributed by atoms with Crippen molar-refractivity contribution >= 4 is 16.9 Å². The summed E-state index contributed by atoms with van der Waals surface area (Å²) >= 11 is 0. The number of benzene rings is 2. The third-order valence-corrected chi connectivity index (χ3v) is 4.58. The number of carboxylic acid groups (broad SMARTS) is 1. The van der Waals surface area contributed by atoms with Crippen LogP contribution in [0.1, 0.15) is 39.2 Å². The second-order valence-electron chi connectivity index (χ2n) is 7.54. The van der Waals surface area contributed by atoms with Crippen LogP contribution in [0.2, 0.25) is 0 Å². The van der Waals surface area contributed by atoms with Gasteiger partial charge in [-0.05, 0) is 35.7 Å². The summed E-state index contributed by atoms with van der Waals surface area (Å²) in [7, 11) is 0. The minimum atomic E-state index is -1.05. The van der Waals surface area contributed by atoms with E-state index in [1.54, 1.807) is 32.0 Å². The van der Waals surface area contributed by atoms with Crippen LogP contribution in [0.15, 0.2) is 57.9 Å². The zero-order valence-electron chi connectivity index (χ0n) is 16.8. The maximum absolute atomic E-state index is 12.8. The van der Waals surface area contributed by atoms with Crippen LogP contribution in [0.4, 0.5) is 0 Å². The standard InChI is InChI=1S/C23H24O6/c1-13(2)15-6-5-7-16(10-15)28-20-12-27-19-11-17(8-9-18(19)21(20)24)29-22(14(3)4)23(25)26/h5-14,22H,1-4H3,(H,25,26). The van der Waals surface area contributed by atoms with Crippen LogP contribution < -0.4 is 14.9 Å². The topological polar surface area (TPSA) is 86.0 Å². The summed E-state index contributed by atoms with van der Waals surface area (Å²) in [5.41, 5.74) is 1.09. The quantitative estimate of drug-likeness (QED) is 0.591. The van der Waals surface area contributed by atoms with E-state index in [1.165, 1.54) is 12.3 Å². The van der Waals surface area contributed by atoms with E-state index in [9.17, 15) is 14.7 Å². The summed E-state index contributed by atoms with van der Waals surface area (Å²) in [6.07, 6.45) is 0.267. The van der Waals surface area contributed by atoms with Crippen molar-refractivity contribution in [1.82, 2.24) is 0 Å². The van der Waals surface area contributed by atoms with Crippen LogP contribution in [0.25, 0.3) is 11.0 Å². The molecule has 6 heteroatoms. The molecule has 6 nitrogen and oxygen atoms in total. The van der Waals surface area contributed by atoms with E-state index in [0.717, 1.165) is 5.56 Å². The molecule has 29 heavy (non-hydrogen) atoms. The highest BCUT2D eigenvalue weighted by molar-refractivity contribution is 5.79. The lowest BCUT2D eigenvalue weighted by atomic mass is 10.0. The molecule has 1 aromatic heterocycles. The molecule has 0 radical (unpaired) electrons. The SMILES string of the molecule is CC(C)c1cccc(Oc2coc3cc(OC(C(=O)O)C(C)C)ccc3c2=O)c1. The van der Waals surface area contributed by atoms with Crippen molar-refractivity contribution < 1.29 is 23.8 Å². The van der Waals surface area contributed by atoms with Crippen LogP contribution in [-0.4, -0.2) is 17.2 Å². The fourth-order valence-corrected chi connectivity index (χ4v) is 2.92. The van der Waals surface area contributed by atoms with E-state index in [2.05, 4.69) is 13.8 Å². The first-order valence-corrected chi connectivity index (χ1v) is 9.49. The molecule has 0 aliphatic rings. The lowest BCUT2D eigenvalue weighted by Gasteiger charge is -2.18. The highest BCUT2D eigenvalue weighted by Gasteiger charge is 2.23. The molecule has 1 unspecified atom stereocenters. The second kappa shape index (κ2) is 8.39. The number of aliphatic carboxylic acids is 1. The number of carbonyl (C=O) groups is 1. The Bertz CT molecular complexity index is 1080. The Morgan fingerprint density at radius 3 is 2.45 bits per heavy atom. The zero-order chi connectivity index (χ0) is 21.1. The highest BCUT2D eigenvalue weighted by atomic mass is 16.5. The van der Waals surface area contributed by atoms with E-state index in [-0.39, 0.29) is 17.1 Å². The predicted octanol–water partition coefficient (Wildman–Crippen LogP) is 5.20. The Kier molecular flexibility index (Phi) is 5.92. The first-order valence-electron chi connectivity index (χ1n) is 9.49. The highest BCUT2D eigenvalue weighted by Crippen LogP contribution is 2.27. The summed E-state index contributed by atoms with van der Waals surface area (Å²) in [6.45, 7) is 7.68. The van der Waals surface area contributed by atoms with Gasteiger partial charge in [-0.25, -0.2) is 4.79 Å². The lowest BCUT2D eigenvalue weighted by Crippen LogP contribution is -2.32. The van der Waals surface area contributed by atoms with Crippen molar-refractivity contribution in [2.24, 2.45) is 5.92 Å². The van der Waals surface area contributed by atoms with Crippen molar-refractivity contribution in [3.05, 3.63) is 64.5 Å². The normalized spacial score (nSPS) is 12.3. The fourth-order valence-electron chi connectivity index (χ4n) is 2.92. The monoisotopic (exact) mass is 396 g/mol. The van der Waals surface area contributed by atoms with Crippen molar-refractivity contribution in [2.75, 3.05) is 0 Å². The molecule has 2 aromatic carbocycles. The number of carboxylic acids is 1. The second-order valence-corrected chi connectivity index (χ2v) is 7.54. The molecule has 152 valence electrons. The zero-order valence-corrected chi connectivity index (χ0v) is 16.8. The maximum Gasteiger partial charge on any atom is 0.345 e. The van der Waals surface area contributed by atoms with Crippen LogP contribution in [-0.2, 0) is 4.79 Å². The van der Waals surface area contributed by atoms with Crippen LogP contribution in [0, 0.1) is 5.92 Å². The summed E-state index contributed by atoms with van der Waals surface area (Å²) in [5, 5.41) is 9.60. The molecule has 0 aliphatic heterocycles. The minimum absolute atomic E-state index is 0.0812. The van der Waals surface area contributed by atoms with Gasteiger partial charge in [-0.2, -0.15) is 0 Å². The number of rotatable bonds is 7. The van der Waals surface area contributed by atoms with Gasteiger partial charge < -0.3 is 19.0 Å². The van der Waals surface area contributed by atoms with Crippen molar-refractivity contribution in [3.63, 3.8) is 0 Å². The van der Waals surface area contributed by atoms with Gasteiger partial charge in [0.1, 0.15) is 23.3 Å². The Morgan fingerprint density at radius 1 is 1.03 bits per heavy atom. The molecular formula is C23H24O6. The lowest BCUT2D eigenvalue weighted by molar-refractivity contribution is -0.147. The fraction of sp³-hybridized carbons (Fsp3) is 0.304. The molecule has 1 N–H and O–H groups in total. The molecule has 1 heterocycles. The molecule has 0 saturated carbocycles. The van der Waals surface area contributed by atoms with Gasteiger partial charge in [0.15, 0.2) is 6.10 Å². The Balaban J connectivity index is 1.90. The van der Waals surface area contributed by atoms with Gasteiger partial charge in [-0.3, -0.25) is 4.79 Å². The summed E-state index contributed by atoms with van der Waals surface area (Å²) < 4.78 is 16.9. The molecule has 0 saturated heterocycles.